The fourth-order valence-corrected chi connectivity index (χ4v) is 5.67. The van der Waals surface area contributed by atoms with Crippen molar-refractivity contribution < 1.29 is 22.7 Å². The second-order valence-electron chi connectivity index (χ2n) is 6.98. The normalized spacial score (nSPS) is 21.0. The fraction of sp³-hybridized carbons (Fsp3) is 0.238. The Morgan fingerprint density at radius 2 is 1.68 bits per heavy atom. The lowest BCUT2D eigenvalue weighted by molar-refractivity contribution is -0.148. The first kappa shape index (κ1) is 18.4. The van der Waals surface area contributed by atoms with E-state index < -0.39 is 33.7 Å². The van der Waals surface area contributed by atoms with Gasteiger partial charge in [-0.05, 0) is 43.2 Å². The van der Waals surface area contributed by atoms with Crippen molar-refractivity contribution in [2.75, 3.05) is 11.4 Å². The van der Waals surface area contributed by atoms with Crippen molar-refractivity contribution in [2.24, 2.45) is 5.92 Å². The number of carbonyl (C=O) groups is 2. The molecule has 0 N–H and O–H groups in total. The Balaban J connectivity index is 1.97. The lowest BCUT2D eigenvalue weighted by Gasteiger charge is -2.28. The number of benzene rings is 2. The molecule has 0 bridgehead atoms. The van der Waals surface area contributed by atoms with Gasteiger partial charge in [-0.2, -0.15) is 0 Å². The van der Waals surface area contributed by atoms with Gasteiger partial charge in [0.1, 0.15) is 5.92 Å². The zero-order chi connectivity index (χ0) is 20.2. The van der Waals surface area contributed by atoms with E-state index in [1.54, 1.807) is 43.3 Å². The Morgan fingerprint density at radius 1 is 1.04 bits per heavy atom. The van der Waals surface area contributed by atoms with Crippen LogP contribution in [0.15, 0.2) is 59.0 Å². The number of methoxy groups -OCH3 is 1. The van der Waals surface area contributed by atoms with Crippen LogP contribution in [-0.4, -0.2) is 33.3 Å². The van der Waals surface area contributed by atoms with E-state index in [1.807, 2.05) is 6.92 Å². The molecule has 6 nitrogen and oxygen atoms in total. The quantitative estimate of drug-likeness (QED) is 0.588. The highest BCUT2D eigenvalue weighted by Gasteiger charge is 2.55. The van der Waals surface area contributed by atoms with E-state index in [9.17, 15) is 18.0 Å². The summed E-state index contributed by atoms with van der Waals surface area (Å²) in [7, 11) is -2.81. The van der Waals surface area contributed by atoms with Crippen LogP contribution >= 0.6 is 0 Å². The molecule has 2 aromatic carbocycles. The predicted molar refractivity (Wildman–Crippen MR) is 104 cm³/mol. The number of ketones is 1. The molecule has 144 valence electrons. The van der Waals surface area contributed by atoms with Gasteiger partial charge < -0.3 is 4.74 Å². The summed E-state index contributed by atoms with van der Waals surface area (Å²) in [5.41, 5.74) is 3.02. The first-order chi connectivity index (χ1) is 13.3. The van der Waals surface area contributed by atoms with Crippen molar-refractivity contribution in [3.05, 3.63) is 65.2 Å². The molecule has 2 atom stereocenters. The number of nitrogens with zero attached hydrogens (tertiary/aromatic N) is 1. The van der Waals surface area contributed by atoms with Gasteiger partial charge in [0, 0.05) is 5.56 Å². The summed E-state index contributed by atoms with van der Waals surface area (Å²) in [5.74, 6) is -2.35. The van der Waals surface area contributed by atoms with E-state index in [4.69, 9.17) is 4.74 Å². The SMILES string of the molecule is COC(=O)[C@H]1C(=O)C(C)=C2c3ccccc3N(S(=O)(=O)c3ccc(C)cc3)[C@@H]21. The maximum absolute atomic E-state index is 13.6. The third-order valence-corrected chi connectivity index (χ3v) is 7.19. The summed E-state index contributed by atoms with van der Waals surface area (Å²) in [6, 6.07) is 12.6. The number of aryl methyl sites for hydroxylation is 1. The monoisotopic (exact) mass is 397 g/mol. The van der Waals surface area contributed by atoms with Crippen LogP contribution in [0.2, 0.25) is 0 Å². The lowest BCUT2D eigenvalue weighted by Crippen LogP contribution is -2.45. The average molecular weight is 397 g/mol. The van der Waals surface area contributed by atoms with E-state index in [1.165, 1.54) is 23.5 Å². The smallest absolute Gasteiger partial charge is 0.319 e. The van der Waals surface area contributed by atoms with Gasteiger partial charge in [-0.25, -0.2) is 8.42 Å². The van der Waals surface area contributed by atoms with Crippen LogP contribution in [0.5, 0.6) is 0 Å². The number of para-hydroxylation sites is 1. The first-order valence-corrected chi connectivity index (χ1v) is 10.3. The molecular formula is C21H19NO5S. The second-order valence-corrected chi connectivity index (χ2v) is 8.79. The Morgan fingerprint density at radius 3 is 2.32 bits per heavy atom. The van der Waals surface area contributed by atoms with E-state index in [2.05, 4.69) is 0 Å². The molecule has 0 radical (unpaired) electrons. The van der Waals surface area contributed by atoms with Gasteiger partial charge in [0.15, 0.2) is 5.78 Å². The maximum Gasteiger partial charge on any atom is 0.319 e. The van der Waals surface area contributed by atoms with Crippen molar-refractivity contribution in [3.63, 3.8) is 0 Å². The van der Waals surface area contributed by atoms with E-state index >= 15 is 0 Å². The molecule has 7 heteroatoms. The number of hydrogen-bond donors (Lipinski definition) is 0. The van der Waals surface area contributed by atoms with Crippen LogP contribution < -0.4 is 4.31 Å². The van der Waals surface area contributed by atoms with E-state index in [0.29, 0.717) is 22.4 Å². The number of carbonyl (C=O) groups excluding carboxylic acids is 2. The summed E-state index contributed by atoms with van der Waals surface area (Å²) >= 11 is 0. The Hall–Kier alpha value is -2.93. The number of sulfonamides is 1. The molecule has 1 aliphatic carbocycles. The van der Waals surface area contributed by atoms with Crippen LogP contribution in [0.3, 0.4) is 0 Å². The minimum absolute atomic E-state index is 0.106. The number of rotatable bonds is 3. The zero-order valence-corrected chi connectivity index (χ0v) is 16.5. The van der Waals surface area contributed by atoms with Crippen LogP contribution in [-0.2, 0) is 24.3 Å². The summed E-state index contributed by atoms with van der Waals surface area (Å²) in [5, 5.41) is 0. The largest absolute Gasteiger partial charge is 0.468 e. The molecule has 0 spiro atoms. The van der Waals surface area contributed by atoms with Crippen molar-refractivity contribution in [1.82, 2.24) is 0 Å². The summed E-state index contributed by atoms with van der Waals surface area (Å²) in [4.78, 5) is 25.3. The Kier molecular flexibility index (Phi) is 4.15. The molecule has 0 saturated carbocycles. The van der Waals surface area contributed by atoms with Gasteiger partial charge >= 0.3 is 5.97 Å². The standard InChI is InChI=1S/C21H19NO5S/c1-12-8-10-14(11-9-12)28(25,26)22-16-7-5-4-6-15(16)17-13(2)20(23)18(19(17)22)21(24)27-3/h4-11,18-19H,1-3H3/t18-,19+/m1/s1. The molecule has 28 heavy (non-hydrogen) atoms. The predicted octanol–water partition coefficient (Wildman–Crippen LogP) is 2.72. The topological polar surface area (TPSA) is 80.8 Å². The maximum atomic E-state index is 13.6. The molecular weight excluding hydrogens is 378 g/mol. The minimum atomic E-state index is -4.01. The molecule has 4 rings (SSSR count). The zero-order valence-electron chi connectivity index (χ0n) is 15.7. The fourth-order valence-electron chi connectivity index (χ4n) is 4.02. The van der Waals surface area contributed by atoms with Gasteiger partial charge in [-0.1, -0.05) is 35.9 Å². The molecule has 0 fully saturated rings. The van der Waals surface area contributed by atoms with Crippen LogP contribution in [0.4, 0.5) is 5.69 Å². The van der Waals surface area contributed by atoms with Crippen molar-refractivity contribution in [3.8, 4) is 0 Å². The summed E-state index contributed by atoms with van der Waals surface area (Å²) < 4.78 is 33.2. The van der Waals surface area contributed by atoms with Gasteiger partial charge in [0.2, 0.25) is 0 Å². The van der Waals surface area contributed by atoms with Gasteiger partial charge in [-0.15, -0.1) is 0 Å². The van der Waals surface area contributed by atoms with Crippen molar-refractivity contribution in [1.29, 1.82) is 0 Å². The molecule has 2 aliphatic rings. The molecule has 2 aromatic rings. The van der Waals surface area contributed by atoms with Crippen molar-refractivity contribution in [2.45, 2.75) is 24.8 Å². The third-order valence-electron chi connectivity index (χ3n) is 5.38. The van der Waals surface area contributed by atoms with Gasteiger partial charge in [0.25, 0.3) is 10.0 Å². The highest BCUT2D eigenvalue weighted by Crippen LogP contribution is 2.51. The van der Waals surface area contributed by atoms with Crippen LogP contribution in [0, 0.1) is 12.8 Å². The van der Waals surface area contributed by atoms with Gasteiger partial charge in [0.05, 0.1) is 23.7 Å². The van der Waals surface area contributed by atoms with Gasteiger partial charge in [-0.3, -0.25) is 13.9 Å². The highest BCUT2D eigenvalue weighted by atomic mass is 32.2. The average Bonchev–Trinajstić information content (AvgIpc) is 3.14. The molecule has 0 amide bonds. The van der Waals surface area contributed by atoms with E-state index in [-0.39, 0.29) is 4.90 Å². The Bertz CT molecular complexity index is 1130. The number of Topliss-reactive ketones (excluding diaryl/α,β-unsaturated/α-hetero) is 1. The lowest BCUT2D eigenvalue weighted by atomic mass is 9.98. The summed E-state index contributed by atoms with van der Waals surface area (Å²) in [6.07, 6.45) is 0. The second kappa shape index (κ2) is 6.31. The molecule has 0 aromatic heterocycles. The molecule has 0 unspecified atom stereocenters. The third kappa shape index (κ3) is 2.43. The number of hydrogen-bond acceptors (Lipinski definition) is 5. The molecule has 1 heterocycles. The van der Waals surface area contributed by atoms with Crippen molar-refractivity contribution >= 4 is 33.0 Å². The first-order valence-electron chi connectivity index (χ1n) is 8.82. The molecule has 0 saturated heterocycles. The minimum Gasteiger partial charge on any atom is -0.468 e. The van der Waals surface area contributed by atoms with Crippen LogP contribution in [0.25, 0.3) is 5.57 Å². The number of anilines is 1. The molecule has 1 aliphatic heterocycles. The van der Waals surface area contributed by atoms with Crippen LogP contribution in [0.1, 0.15) is 18.1 Å². The number of ether oxygens (including phenoxy) is 1. The number of esters is 1. The van der Waals surface area contributed by atoms with E-state index in [0.717, 1.165) is 5.56 Å². The summed E-state index contributed by atoms with van der Waals surface area (Å²) in [6.45, 7) is 3.50. The number of fused-ring (bicyclic) bond motifs is 3. The Labute approximate surface area is 163 Å². The number of allylic oxidation sites excluding steroid dienone is 1. The highest BCUT2D eigenvalue weighted by molar-refractivity contribution is 7.93.